The predicted molar refractivity (Wildman–Crippen MR) is 130 cm³/mol. The highest BCUT2D eigenvalue weighted by Crippen LogP contribution is 2.35. The summed E-state index contributed by atoms with van der Waals surface area (Å²) in [4.78, 5) is 71.5. The maximum absolute atomic E-state index is 13.8. The van der Waals surface area contributed by atoms with Gasteiger partial charge in [0.1, 0.15) is 37.6 Å². The molecule has 0 aromatic carbocycles. The third-order valence-electron chi connectivity index (χ3n) is 5.70. The van der Waals surface area contributed by atoms with E-state index in [2.05, 4.69) is 5.32 Å². The predicted octanol–water partition coefficient (Wildman–Crippen LogP) is -0.176. The van der Waals surface area contributed by atoms with Gasteiger partial charge in [-0.25, -0.2) is 4.39 Å². The molecule has 0 radical (unpaired) electrons. The molecule has 2 heterocycles. The van der Waals surface area contributed by atoms with Crippen LogP contribution < -0.4 is 5.32 Å². The molecule has 0 unspecified atom stereocenters. The molecule has 2 saturated heterocycles. The van der Waals surface area contributed by atoms with Gasteiger partial charge in [0.2, 0.25) is 5.91 Å². The van der Waals surface area contributed by atoms with Crippen LogP contribution in [0.3, 0.4) is 0 Å². The van der Waals surface area contributed by atoms with Crippen LogP contribution in [0.5, 0.6) is 0 Å². The zero-order chi connectivity index (χ0) is 31.0. The van der Waals surface area contributed by atoms with Gasteiger partial charge in [0, 0.05) is 41.5 Å². The summed E-state index contributed by atoms with van der Waals surface area (Å²) < 4.78 is 57.4. The fraction of sp³-hybridized carbons (Fsp3) is 0.750. The molecule has 15 nitrogen and oxygen atoms in total. The van der Waals surface area contributed by atoms with Gasteiger partial charge < -0.3 is 43.2 Å². The highest BCUT2D eigenvalue weighted by Gasteiger charge is 2.56. The standard InChI is InChI=1S/C24H33ClFNO14/c1-9(28)27-17-20(37-13(5)32)19(36-12(4)31)16(8-34-10(2)29)40-24(17)41-22-21(38-14(6)33)18(35-11(3)30)15(7-26)39-23(22)25/h15-24H,7-8H2,1-6H3,(H,27,28)/t15-,16-,17-,18-,19-,20-,21+,22+,23+,24+/m1/s1. The molecule has 2 rings (SSSR count). The number of carbonyl (C=O) groups excluding carboxylic acids is 6. The molecule has 0 aromatic rings. The van der Waals surface area contributed by atoms with Crippen molar-refractivity contribution in [3.8, 4) is 0 Å². The molecule has 0 bridgehead atoms. The largest absolute Gasteiger partial charge is 0.463 e. The number of amides is 1. The molecule has 2 aliphatic rings. The smallest absolute Gasteiger partial charge is 0.303 e. The van der Waals surface area contributed by atoms with E-state index < -0.39 is 110 Å². The third-order valence-corrected chi connectivity index (χ3v) is 6.05. The molecule has 232 valence electrons. The number of halogens is 2. The van der Waals surface area contributed by atoms with E-state index in [1.165, 1.54) is 0 Å². The summed E-state index contributed by atoms with van der Waals surface area (Å²) in [5, 5.41) is 2.50. The summed E-state index contributed by atoms with van der Waals surface area (Å²) in [7, 11) is 0. The van der Waals surface area contributed by atoms with Gasteiger partial charge >= 0.3 is 29.8 Å². The second kappa shape index (κ2) is 15.2. The van der Waals surface area contributed by atoms with E-state index in [1.54, 1.807) is 0 Å². The summed E-state index contributed by atoms with van der Waals surface area (Å²) in [6, 6.07) is -1.40. The number of ether oxygens (including phenoxy) is 8. The van der Waals surface area contributed by atoms with Crippen molar-refractivity contribution < 1.29 is 71.1 Å². The Morgan fingerprint density at radius 2 is 1.17 bits per heavy atom. The number of hydrogen-bond donors (Lipinski definition) is 1. The van der Waals surface area contributed by atoms with Gasteiger partial charge in [0.05, 0.1) is 0 Å². The summed E-state index contributed by atoms with van der Waals surface area (Å²) in [5.41, 5.74) is -1.53. The van der Waals surface area contributed by atoms with Gasteiger partial charge in [0.25, 0.3) is 0 Å². The van der Waals surface area contributed by atoms with Crippen LogP contribution in [0.2, 0.25) is 0 Å². The lowest BCUT2D eigenvalue weighted by molar-refractivity contribution is -0.317. The Hall–Kier alpha value is -3.08. The van der Waals surface area contributed by atoms with Crippen LogP contribution in [-0.4, -0.2) is 110 Å². The van der Waals surface area contributed by atoms with Gasteiger partial charge in [-0.2, -0.15) is 0 Å². The first-order chi connectivity index (χ1) is 19.1. The molecular formula is C24H33ClFNO14. The minimum atomic E-state index is -1.64. The molecule has 1 N–H and O–H groups in total. The van der Waals surface area contributed by atoms with Crippen LogP contribution in [0.25, 0.3) is 0 Å². The Labute approximate surface area is 239 Å². The number of nitrogens with one attached hydrogen (secondary N) is 1. The first kappa shape index (κ1) is 34.1. The Morgan fingerprint density at radius 1 is 0.683 bits per heavy atom. The molecule has 17 heteroatoms. The first-order valence-corrected chi connectivity index (χ1v) is 12.8. The Kier molecular flexibility index (Phi) is 12.7. The molecule has 0 saturated carbocycles. The monoisotopic (exact) mass is 613 g/mol. The summed E-state index contributed by atoms with van der Waals surface area (Å²) >= 11 is 6.35. The lowest BCUT2D eigenvalue weighted by Crippen LogP contribution is -2.68. The van der Waals surface area contributed by atoms with E-state index in [-0.39, 0.29) is 0 Å². The van der Waals surface area contributed by atoms with Crippen molar-refractivity contribution in [2.45, 2.75) is 102 Å². The SMILES string of the molecule is CC(=O)N[C@H]1[C@H](O[C@H]2[C@@H](OC(C)=O)[C@H](OC(C)=O)[C@@H](CF)O[C@@H]2Cl)O[C@H](COC(C)=O)[C@@H](OC(C)=O)[C@@H]1OC(C)=O. The van der Waals surface area contributed by atoms with E-state index in [4.69, 9.17) is 49.5 Å². The fourth-order valence-corrected chi connectivity index (χ4v) is 4.69. The Morgan fingerprint density at radius 3 is 1.63 bits per heavy atom. The molecule has 2 fully saturated rings. The summed E-state index contributed by atoms with van der Waals surface area (Å²) in [6.45, 7) is 4.76. The molecular weight excluding hydrogens is 581 g/mol. The van der Waals surface area contributed by atoms with Gasteiger partial charge in [-0.15, -0.1) is 0 Å². The van der Waals surface area contributed by atoms with Crippen molar-refractivity contribution in [1.82, 2.24) is 5.32 Å². The highest BCUT2D eigenvalue weighted by molar-refractivity contribution is 6.20. The van der Waals surface area contributed by atoms with Crippen LogP contribution in [0.1, 0.15) is 41.5 Å². The third kappa shape index (κ3) is 9.76. The van der Waals surface area contributed by atoms with Crippen molar-refractivity contribution >= 4 is 47.4 Å². The normalized spacial score (nSPS) is 33.1. The highest BCUT2D eigenvalue weighted by atomic mass is 35.5. The van der Waals surface area contributed by atoms with Crippen LogP contribution in [0, 0.1) is 0 Å². The topological polar surface area (TPSA) is 188 Å². The van der Waals surface area contributed by atoms with E-state index in [0.717, 1.165) is 41.5 Å². The number of rotatable bonds is 10. The second-order valence-corrected chi connectivity index (χ2v) is 9.58. The van der Waals surface area contributed by atoms with Gasteiger partial charge in [-0.05, 0) is 0 Å². The van der Waals surface area contributed by atoms with E-state index in [1.807, 2.05) is 0 Å². The van der Waals surface area contributed by atoms with Crippen molar-refractivity contribution in [2.75, 3.05) is 13.3 Å². The van der Waals surface area contributed by atoms with E-state index >= 15 is 0 Å². The maximum Gasteiger partial charge on any atom is 0.303 e. The number of esters is 5. The van der Waals surface area contributed by atoms with Crippen LogP contribution in [0.15, 0.2) is 0 Å². The van der Waals surface area contributed by atoms with Crippen molar-refractivity contribution in [2.24, 2.45) is 0 Å². The number of carbonyl (C=O) groups is 6. The minimum absolute atomic E-state index is 0.517. The van der Waals surface area contributed by atoms with E-state index in [9.17, 15) is 33.2 Å². The van der Waals surface area contributed by atoms with Crippen molar-refractivity contribution in [3.05, 3.63) is 0 Å². The van der Waals surface area contributed by atoms with Crippen molar-refractivity contribution in [1.29, 1.82) is 0 Å². The quantitative estimate of drug-likeness (QED) is 0.194. The molecule has 41 heavy (non-hydrogen) atoms. The van der Waals surface area contributed by atoms with Gasteiger partial charge in [-0.3, -0.25) is 28.8 Å². The fourth-order valence-electron chi connectivity index (χ4n) is 4.36. The van der Waals surface area contributed by atoms with Crippen LogP contribution >= 0.6 is 11.6 Å². The Bertz CT molecular complexity index is 997. The molecule has 10 atom stereocenters. The zero-order valence-corrected chi connectivity index (χ0v) is 23.9. The van der Waals surface area contributed by atoms with Crippen LogP contribution in [0.4, 0.5) is 4.39 Å². The molecule has 0 aliphatic carbocycles. The van der Waals surface area contributed by atoms with Gasteiger partial charge in [-0.1, -0.05) is 11.6 Å². The lowest BCUT2D eigenvalue weighted by Gasteiger charge is -2.48. The summed E-state index contributed by atoms with van der Waals surface area (Å²) in [5.74, 6) is -4.76. The number of alkyl halides is 2. The first-order valence-electron chi connectivity index (χ1n) is 12.4. The molecule has 2 aliphatic heterocycles. The molecule has 0 spiro atoms. The van der Waals surface area contributed by atoms with Crippen molar-refractivity contribution in [3.63, 3.8) is 0 Å². The minimum Gasteiger partial charge on any atom is -0.463 e. The average Bonchev–Trinajstić information content (AvgIpc) is 2.83. The molecule has 0 aromatic heterocycles. The molecule has 1 amide bonds. The Balaban J connectivity index is 2.58. The van der Waals surface area contributed by atoms with E-state index in [0.29, 0.717) is 0 Å². The second-order valence-electron chi connectivity index (χ2n) is 9.15. The van der Waals surface area contributed by atoms with Gasteiger partial charge in [0.15, 0.2) is 36.3 Å². The van der Waals surface area contributed by atoms with Crippen LogP contribution in [-0.2, 0) is 66.7 Å². The number of hydrogen-bond acceptors (Lipinski definition) is 14. The lowest BCUT2D eigenvalue weighted by atomic mass is 9.95. The zero-order valence-electron chi connectivity index (χ0n) is 23.2. The summed E-state index contributed by atoms with van der Waals surface area (Å²) in [6.07, 6.45) is -11.9. The maximum atomic E-state index is 13.8. The average molecular weight is 614 g/mol.